The highest BCUT2D eigenvalue weighted by atomic mass is 16.6. The van der Waals surface area contributed by atoms with Crippen LogP contribution in [0.2, 0.25) is 0 Å². The van der Waals surface area contributed by atoms with Gasteiger partial charge in [0.15, 0.2) is 0 Å². The summed E-state index contributed by atoms with van der Waals surface area (Å²) in [4.78, 5) is 11.9. The van der Waals surface area contributed by atoms with E-state index in [-0.39, 0.29) is 18.3 Å². The normalized spacial score (nSPS) is 14.6. The summed E-state index contributed by atoms with van der Waals surface area (Å²) in [5.74, 6) is 0. The summed E-state index contributed by atoms with van der Waals surface area (Å²) in [6, 6.07) is 0. The van der Waals surface area contributed by atoms with Gasteiger partial charge < -0.3 is 15.1 Å². The van der Waals surface area contributed by atoms with Crippen LogP contribution in [0.5, 0.6) is 0 Å². The zero-order chi connectivity index (χ0) is 14.4. The first kappa shape index (κ1) is 15.5. The Morgan fingerprint density at radius 3 is 2.79 bits per heavy atom. The Labute approximate surface area is 111 Å². The summed E-state index contributed by atoms with van der Waals surface area (Å²) >= 11 is 0. The van der Waals surface area contributed by atoms with Crippen LogP contribution in [0, 0.1) is 10.1 Å². The Morgan fingerprint density at radius 2 is 2.26 bits per heavy atom. The third kappa shape index (κ3) is 5.77. The van der Waals surface area contributed by atoms with Crippen molar-refractivity contribution >= 4 is 5.69 Å². The molecule has 0 bridgehead atoms. The summed E-state index contributed by atoms with van der Waals surface area (Å²) in [5.41, 5.74) is -0.0883. The second kappa shape index (κ2) is 7.17. The molecule has 0 aliphatic rings. The zero-order valence-electron chi connectivity index (χ0n) is 11.1. The number of hydrogen-bond donors (Lipinski definition) is 2. The van der Waals surface area contributed by atoms with Crippen LogP contribution < -0.4 is 0 Å². The van der Waals surface area contributed by atoms with Crippen LogP contribution >= 0.6 is 0 Å². The van der Waals surface area contributed by atoms with E-state index in [1.54, 1.807) is 6.92 Å². The number of aromatic nitrogens is 2. The third-order valence-corrected chi connectivity index (χ3v) is 2.68. The van der Waals surface area contributed by atoms with Crippen molar-refractivity contribution in [1.29, 1.82) is 0 Å². The molecule has 2 N–H and O–H groups in total. The molecule has 1 heterocycles. The van der Waals surface area contributed by atoms with Gasteiger partial charge in [-0.2, -0.15) is 5.10 Å². The molecule has 8 nitrogen and oxygen atoms in total. The SMILES string of the molecule is CC(O)CCN(C)CC(O)Cn1cc([N+](=O)[O-])cn1. The molecule has 108 valence electrons. The van der Waals surface area contributed by atoms with Crippen LogP contribution in [0.1, 0.15) is 13.3 Å². The van der Waals surface area contributed by atoms with E-state index in [9.17, 15) is 15.2 Å². The molecule has 0 fully saturated rings. The van der Waals surface area contributed by atoms with Crippen LogP contribution in [-0.4, -0.2) is 62.2 Å². The Hall–Kier alpha value is -1.51. The molecule has 2 unspecified atom stereocenters. The quantitative estimate of drug-likeness (QED) is 0.504. The molecule has 0 aliphatic carbocycles. The van der Waals surface area contributed by atoms with Gasteiger partial charge in [0, 0.05) is 13.1 Å². The van der Waals surface area contributed by atoms with Crippen molar-refractivity contribution in [3.05, 3.63) is 22.5 Å². The van der Waals surface area contributed by atoms with E-state index in [1.807, 2.05) is 11.9 Å². The lowest BCUT2D eigenvalue weighted by atomic mass is 10.2. The first-order chi connectivity index (χ1) is 8.88. The minimum Gasteiger partial charge on any atom is -0.393 e. The van der Waals surface area contributed by atoms with E-state index >= 15 is 0 Å². The van der Waals surface area contributed by atoms with Crippen LogP contribution in [0.15, 0.2) is 12.4 Å². The maximum absolute atomic E-state index is 10.5. The summed E-state index contributed by atoms with van der Waals surface area (Å²) in [6.45, 7) is 3.01. The Balaban J connectivity index is 2.37. The molecule has 0 saturated carbocycles. The topological polar surface area (TPSA) is 105 Å². The van der Waals surface area contributed by atoms with E-state index in [0.717, 1.165) is 6.20 Å². The molecular weight excluding hydrogens is 252 g/mol. The molecule has 2 atom stereocenters. The van der Waals surface area contributed by atoms with Crippen molar-refractivity contribution in [2.24, 2.45) is 0 Å². The Bertz CT molecular complexity index is 407. The van der Waals surface area contributed by atoms with Crippen molar-refractivity contribution in [3.8, 4) is 0 Å². The first-order valence-electron chi connectivity index (χ1n) is 6.10. The number of aliphatic hydroxyl groups is 2. The van der Waals surface area contributed by atoms with E-state index in [1.165, 1.54) is 10.9 Å². The van der Waals surface area contributed by atoms with Crippen LogP contribution in [0.3, 0.4) is 0 Å². The summed E-state index contributed by atoms with van der Waals surface area (Å²) < 4.78 is 1.35. The minimum atomic E-state index is -0.668. The van der Waals surface area contributed by atoms with Gasteiger partial charge in [0.2, 0.25) is 0 Å². The molecule has 0 aromatic carbocycles. The van der Waals surface area contributed by atoms with Gasteiger partial charge in [-0.25, -0.2) is 0 Å². The first-order valence-corrected chi connectivity index (χ1v) is 6.10. The maximum atomic E-state index is 10.5. The molecule has 0 aliphatic heterocycles. The van der Waals surface area contributed by atoms with Crippen LogP contribution in [0.25, 0.3) is 0 Å². The van der Waals surface area contributed by atoms with Gasteiger partial charge in [-0.15, -0.1) is 0 Å². The Morgan fingerprint density at radius 1 is 1.58 bits per heavy atom. The zero-order valence-corrected chi connectivity index (χ0v) is 11.1. The number of nitrogens with zero attached hydrogens (tertiary/aromatic N) is 4. The molecule has 1 aromatic heterocycles. The number of likely N-dealkylation sites (N-methyl/N-ethyl adjacent to an activating group) is 1. The van der Waals surface area contributed by atoms with E-state index in [4.69, 9.17) is 5.11 Å². The van der Waals surface area contributed by atoms with Crippen molar-refractivity contribution in [1.82, 2.24) is 14.7 Å². The molecule has 1 aromatic rings. The van der Waals surface area contributed by atoms with E-state index in [0.29, 0.717) is 19.5 Å². The van der Waals surface area contributed by atoms with Crippen molar-refractivity contribution in [3.63, 3.8) is 0 Å². The van der Waals surface area contributed by atoms with Gasteiger partial charge in [0.1, 0.15) is 12.4 Å². The average Bonchev–Trinajstić information content (AvgIpc) is 2.74. The van der Waals surface area contributed by atoms with Crippen LogP contribution in [-0.2, 0) is 6.54 Å². The lowest BCUT2D eigenvalue weighted by molar-refractivity contribution is -0.385. The van der Waals surface area contributed by atoms with E-state index in [2.05, 4.69) is 5.10 Å². The second-order valence-electron chi connectivity index (χ2n) is 4.73. The fourth-order valence-corrected chi connectivity index (χ4v) is 1.68. The summed E-state index contributed by atoms with van der Waals surface area (Å²) in [6.07, 6.45) is 2.05. The predicted molar refractivity (Wildman–Crippen MR) is 68.7 cm³/mol. The molecule has 0 radical (unpaired) electrons. The Kier molecular flexibility index (Phi) is 5.87. The van der Waals surface area contributed by atoms with Gasteiger partial charge in [0.05, 0.1) is 23.7 Å². The number of hydrogen-bond acceptors (Lipinski definition) is 6. The smallest absolute Gasteiger partial charge is 0.306 e. The van der Waals surface area contributed by atoms with Gasteiger partial charge in [-0.3, -0.25) is 14.8 Å². The van der Waals surface area contributed by atoms with Crippen LogP contribution in [0.4, 0.5) is 5.69 Å². The molecule has 0 amide bonds. The number of aliphatic hydroxyl groups excluding tert-OH is 2. The standard InChI is InChI=1S/C11H20N4O4/c1-9(16)3-4-13(2)7-11(17)8-14-6-10(5-12-14)15(18)19/h5-6,9,11,16-17H,3-4,7-8H2,1-2H3. The summed E-state index contributed by atoms with van der Waals surface area (Å²) in [7, 11) is 1.84. The van der Waals surface area contributed by atoms with Gasteiger partial charge in [-0.1, -0.05) is 0 Å². The number of nitro groups is 1. The highest BCUT2D eigenvalue weighted by Crippen LogP contribution is 2.08. The molecule has 1 rings (SSSR count). The highest BCUT2D eigenvalue weighted by Gasteiger charge is 2.13. The van der Waals surface area contributed by atoms with Crippen molar-refractivity contribution in [2.45, 2.75) is 32.1 Å². The van der Waals surface area contributed by atoms with Crippen molar-refractivity contribution < 1.29 is 15.1 Å². The molecule has 0 spiro atoms. The predicted octanol–water partition coefficient (Wildman–Crippen LogP) is -0.145. The van der Waals surface area contributed by atoms with Crippen molar-refractivity contribution in [2.75, 3.05) is 20.1 Å². The van der Waals surface area contributed by atoms with Gasteiger partial charge in [0.25, 0.3) is 0 Å². The fourth-order valence-electron chi connectivity index (χ4n) is 1.68. The molecule has 19 heavy (non-hydrogen) atoms. The fraction of sp³-hybridized carbons (Fsp3) is 0.727. The third-order valence-electron chi connectivity index (χ3n) is 2.68. The maximum Gasteiger partial charge on any atom is 0.306 e. The number of rotatable bonds is 8. The molecule has 0 saturated heterocycles. The summed E-state index contributed by atoms with van der Waals surface area (Å²) in [5, 5.41) is 33.3. The minimum absolute atomic E-state index is 0.0883. The lowest BCUT2D eigenvalue weighted by Gasteiger charge is -2.20. The van der Waals surface area contributed by atoms with E-state index < -0.39 is 11.0 Å². The highest BCUT2D eigenvalue weighted by molar-refractivity contribution is 5.20. The van der Waals surface area contributed by atoms with Gasteiger partial charge >= 0.3 is 5.69 Å². The molecular formula is C11H20N4O4. The monoisotopic (exact) mass is 272 g/mol. The molecule has 8 heteroatoms. The van der Waals surface area contributed by atoms with Gasteiger partial charge in [-0.05, 0) is 20.4 Å². The average molecular weight is 272 g/mol. The second-order valence-corrected chi connectivity index (χ2v) is 4.73. The lowest BCUT2D eigenvalue weighted by Crippen LogP contribution is -2.33. The largest absolute Gasteiger partial charge is 0.393 e.